The summed E-state index contributed by atoms with van der Waals surface area (Å²) >= 11 is 5.92. The molecule has 142 valence electrons. The van der Waals surface area contributed by atoms with Gasteiger partial charge in [-0.2, -0.15) is 0 Å². The summed E-state index contributed by atoms with van der Waals surface area (Å²) in [5.74, 6) is -0.0598. The number of carbonyl (C=O) groups excluding carboxylic acids is 1. The van der Waals surface area contributed by atoms with Gasteiger partial charge in [0.25, 0.3) is 5.91 Å². The van der Waals surface area contributed by atoms with Crippen LogP contribution in [0.2, 0.25) is 5.15 Å². The first-order valence-electron chi connectivity index (χ1n) is 9.31. The SMILES string of the molecule is O=C(c1cccc(Cl)n1)N1CCC2(CC1)CN(Cc1cccnc1)CCO2. The summed E-state index contributed by atoms with van der Waals surface area (Å²) in [6.45, 7) is 4.77. The zero-order valence-corrected chi connectivity index (χ0v) is 15.9. The Morgan fingerprint density at radius 1 is 1.19 bits per heavy atom. The minimum Gasteiger partial charge on any atom is -0.372 e. The van der Waals surface area contributed by atoms with Crippen LogP contribution in [0.4, 0.5) is 0 Å². The number of likely N-dealkylation sites (tertiary alicyclic amines) is 1. The Morgan fingerprint density at radius 3 is 2.78 bits per heavy atom. The number of nitrogens with zero attached hydrogens (tertiary/aromatic N) is 4. The first kappa shape index (κ1) is 18.3. The Morgan fingerprint density at radius 2 is 2.04 bits per heavy atom. The number of ether oxygens (including phenoxy) is 1. The number of pyridine rings is 2. The van der Waals surface area contributed by atoms with Gasteiger partial charge in [0.15, 0.2) is 0 Å². The van der Waals surface area contributed by atoms with Gasteiger partial charge in [0.05, 0.1) is 12.2 Å². The van der Waals surface area contributed by atoms with Crippen molar-refractivity contribution in [3.05, 3.63) is 59.1 Å². The summed E-state index contributed by atoms with van der Waals surface area (Å²) < 4.78 is 6.20. The lowest BCUT2D eigenvalue weighted by molar-refractivity contribution is -0.134. The number of amides is 1. The maximum absolute atomic E-state index is 12.7. The summed E-state index contributed by atoms with van der Waals surface area (Å²) in [6, 6.07) is 9.23. The molecule has 1 spiro atoms. The molecule has 1 amide bonds. The lowest BCUT2D eigenvalue weighted by atomic mass is 9.89. The van der Waals surface area contributed by atoms with Crippen molar-refractivity contribution in [3.63, 3.8) is 0 Å². The van der Waals surface area contributed by atoms with Gasteiger partial charge in [0, 0.05) is 45.1 Å². The Kier molecular flexibility index (Phi) is 5.38. The molecule has 4 heterocycles. The zero-order chi connectivity index (χ0) is 18.7. The molecule has 0 unspecified atom stereocenters. The van der Waals surface area contributed by atoms with Crippen molar-refractivity contribution in [1.82, 2.24) is 19.8 Å². The molecule has 7 heteroatoms. The maximum Gasteiger partial charge on any atom is 0.272 e. The molecule has 4 rings (SSSR count). The van der Waals surface area contributed by atoms with Gasteiger partial charge in [-0.1, -0.05) is 23.7 Å². The highest BCUT2D eigenvalue weighted by atomic mass is 35.5. The highest BCUT2D eigenvalue weighted by molar-refractivity contribution is 6.29. The number of halogens is 1. The molecule has 0 saturated carbocycles. The summed E-state index contributed by atoms with van der Waals surface area (Å²) in [5.41, 5.74) is 1.45. The lowest BCUT2D eigenvalue weighted by Gasteiger charge is -2.47. The van der Waals surface area contributed by atoms with Crippen LogP contribution in [0, 0.1) is 0 Å². The summed E-state index contributed by atoms with van der Waals surface area (Å²) in [4.78, 5) is 25.3. The van der Waals surface area contributed by atoms with E-state index in [0.29, 0.717) is 23.9 Å². The third-order valence-electron chi connectivity index (χ3n) is 5.35. The minimum atomic E-state index is -0.168. The molecule has 0 bridgehead atoms. The van der Waals surface area contributed by atoms with Crippen LogP contribution in [0.15, 0.2) is 42.7 Å². The molecule has 2 aliphatic rings. The molecule has 2 saturated heterocycles. The monoisotopic (exact) mass is 386 g/mol. The molecule has 0 radical (unpaired) electrons. The van der Waals surface area contributed by atoms with Crippen LogP contribution >= 0.6 is 11.6 Å². The van der Waals surface area contributed by atoms with Crippen LogP contribution in [0.5, 0.6) is 0 Å². The van der Waals surface area contributed by atoms with E-state index in [9.17, 15) is 4.79 Å². The molecule has 0 atom stereocenters. The van der Waals surface area contributed by atoms with Crippen LogP contribution in [0.3, 0.4) is 0 Å². The van der Waals surface area contributed by atoms with Gasteiger partial charge in [-0.25, -0.2) is 4.98 Å². The summed E-state index contributed by atoms with van der Waals surface area (Å²) in [6.07, 6.45) is 5.39. The second-order valence-electron chi connectivity index (χ2n) is 7.24. The molecule has 0 aliphatic carbocycles. The van der Waals surface area contributed by atoms with Gasteiger partial charge >= 0.3 is 0 Å². The van der Waals surface area contributed by atoms with Crippen LogP contribution in [-0.4, -0.2) is 64.1 Å². The Hall–Kier alpha value is -2.02. The van der Waals surface area contributed by atoms with Gasteiger partial charge in [0.2, 0.25) is 0 Å². The average molecular weight is 387 g/mol. The maximum atomic E-state index is 12.7. The third-order valence-corrected chi connectivity index (χ3v) is 5.56. The van der Waals surface area contributed by atoms with E-state index < -0.39 is 0 Å². The third kappa shape index (κ3) is 4.29. The standard InChI is InChI=1S/C20H23ClN4O2/c21-18-5-1-4-17(23-18)19(26)25-9-6-20(7-10-25)15-24(11-12-27-20)14-16-3-2-8-22-13-16/h1-5,8,13H,6-7,9-12,14-15H2. The summed E-state index contributed by atoms with van der Waals surface area (Å²) in [7, 11) is 0. The van der Waals surface area contributed by atoms with Gasteiger partial charge in [-0.15, -0.1) is 0 Å². The topological polar surface area (TPSA) is 58.6 Å². The van der Waals surface area contributed by atoms with Gasteiger partial charge in [-0.3, -0.25) is 14.7 Å². The van der Waals surface area contributed by atoms with Crippen molar-refractivity contribution >= 4 is 17.5 Å². The molecule has 0 N–H and O–H groups in total. The summed E-state index contributed by atoms with van der Waals surface area (Å²) in [5, 5.41) is 0.344. The Labute approximate surface area is 164 Å². The van der Waals surface area contributed by atoms with E-state index in [4.69, 9.17) is 16.3 Å². The first-order valence-corrected chi connectivity index (χ1v) is 9.68. The van der Waals surface area contributed by atoms with Crippen LogP contribution in [0.1, 0.15) is 28.9 Å². The van der Waals surface area contributed by atoms with Crippen LogP contribution in [0.25, 0.3) is 0 Å². The van der Waals surface area contributed by atoms with Crippen molar-refractivity contribution < 1.29 is 9.53 Å². The highest BCUT2D eigenvalue weighted by Gasteiger charge is 2.40. The average Bonchev–Trinajstić information content (AvgIpc) is 2.69. The molecule has 6 nitrogen and oxygen atoms in total. The predicted octanol–water partition coefficient (Wildman–Crippen LogP) is 2.64. The molecule has 27 heavy (non-hydrogen) atoms. The second-order valence-corrected chi connectivity index (χ2v) is 7.63. The lowest BCUT2D eigenvalue weighted by Crippen LogP contribution is -2.57. The Balaban J connectivity index is 1.37. The number of hydrogen-bond donors (Lipinski definition) is 0. The van der Waals surface area contributed by atoms with Crippen molar-refractivity contribution in [3.8, 4) is 0 Å². The van der Waals surface area contributed by atoms with E-state index in [1.165, 1.54) is 5.56 Å². The van der Waals surface area contributed by atoms with Gasteiger partial charge in [-0.05, 0) is 36.6 Å². The Bertz CT molecular complexity index is 794. The van der Waals surface area contributed by atoms with E-state index in [2.05, 4.69) is 20.9 Å². The number of carbonyl (C=O) groups is 1. The number of morpholine rings is 1. The number of hydrogen-bond acceptors (Lipinski definition) is 5. The van der Waals surface area contributed by atoms with E-state index >= 15 is 0 Å². The van der Waals surface area contributed by atoms with E-state index in [1.54, 1.807) is 24.4 Å². The largest absolute Gasteiger partial charge is 0.372 e. The van der Waals surface area contributed by atoms with Crippen molar-refractivity contribution in [1.29, 1.82) is 0 Å². The minimum absolute atomic E-state index is 0.0598. The number of rotatable bonds is 3. The van der Waals surface area contributed by atoms with Crippen LogP contribution in [-0.2, 0) is 11.3 Å². The molecular formula is C20H23ClN4O2. The highest BCUT2D eigenvalue weighted by Crippen LogP contribution is 2.31. The first-order chi connectivity index (χ1) is 13.1. The molecule has 2 fully saturated rings. The molecule has 2 aromatic rings. The zero-order valence-electron chi connectivity index (χ0n) is 15.2. The van der Waals surface area contributed by atoms with Crippen molar-refractivity contribution in [2.24, 2.45) is 0 Å². The molecule has 2 aliphatic heterocycles. The normalized spacial score (nSPS) is 20.0. The fourth-order valence-corrected chi connectivity index (χ4v) is 4.08. The fourth-order valence-electron chi connectivity index (χ4n) is 3.92. The quantitative estimate of drug-likeness (QED) is 0.759. The fraction of sp³-hybridized carbons (Fsp3) is 0.450. The predicted molar refractivity (Wildman–Crippen MR) is 103 cm³/mol. The molecular weight excluding hydrogens is 364 g/mol. The van der Waals surface area contributed by atoms with Crippen molar-refractivity contribution in [2.75, 3.05) is 32.8 Å². The van der Waals surface area contributed by atoms with Crippen LogP contribution < -0.4 is 0 Å². The van der Waals surface area contributed by atoms with E-state index in [-0.39, 0.29) is 11.5 Å². The van der Waals surface area contributed by atoms with E-state index in [1.807, 2.05) is 17.2 Å². The van der Waals surface area contributed by atoms with E-state index in [0.717, 1.165) is 39.1 Å². The smallest absolute Gasteiger partial charge is 0.272 e. The van der Waals surface area contributed by atoms with Gasteiger partial charge in [0.1, 0.15) is 10.8 Å². The molecule has 2 aromatic heterocycles. The number of piperidine rings is 1. The van der Waals surface area contributed by atoms with Crippen molar-refractivity contribution in [2.45, 2.75) is 25.0 Å². The number of aromatic nitrogens is 2. The second kappa shape index (κ2) is 7.92. The molecule has 0 aromatic carbocycles. The van der Waals surface area contributed by atoms with Gasteiger partial charge < -0.3 is 9.64 Å².